The van der Waals surface area contributed by atoms with E-state index in [2.05, 4.69) is 4.98 Å². The maximum Gasteiger partial charge on any atom is 0.113 e. The summed E-state index contributed by atoms with van der Waals surface area (Å²) in [5, 5.41) is 0. The van der Waals surface area contributed by atoms with Crippen LogP contribution in [0.3, 0.4) is 0 Å². The van der Waals surface area contributed by atoms with Crippen LogP contribution in [-0.4, -0.2) is 36.4 Å². The fourth-order valence-electron chi connectivity index (χ4n) is 2.54. The molecule has 1 aromatic heterocycles. The van der Waals surface area contributed by atoms with Crippen molar-refractivity contribution in [1.82, 2.24) is 4.98 Å². The Labute approximate surface area is 112 Å². The van der Waals surface area contributed by atoms with Gasteiger partial charge in [-0.2, -0.15) is 0 Å². The Bertz CT molecular complexity index is 652. The van der Waals surface area contributed by atoms with Crippen molar-refractivity contribution in [3.05, 3.63) is 29.5 Å². The standard InChI is InChI=1S/C13H7B4N/c14-9-7-4-3-6-2-1-5-18-13(6)8(7)10(15)12(17)11(9)16/h1-2,5H,3-4H2. The van der Waals surface area contributed by atoms with Crippen LogP contribution in [0.1, 0.15) is 11.1 Å². The van der Waals surface area contributed by atoms with Crippen LogP contribution in [0.5, 0.6) is 0 Å². The molecule has 0 atom stereocenters. The summed E-state index contributed by atoms with van der Waals surface area (Å²) >= 11 is 0. The smallest absolute Gasteiger partial charge is 0.113 e. The summed E-state index contributed by atoms with van der Waals surface area (Å²) in [7, 11) is 23.9. The highest BCUT2D eigenvalue weighted by Crippen LogP contribution is 2.27. The Morgan fingerprint density at radius 1 is 0.889 bits per heavy atom. The van der Waals surface area contributed by atoms with Crippen LogP contribution in [0.4, 0.5) is 0 Å². The van der Waals surface area contributed by atoms with E-state index in [0.29, 0.717) is 21.9 Å². The molecular formula is C13H7B4N. The Hall–Kier alpha value is -1.37. The fourth-order valence-corrected chi connectivity index (χ4v) is 2.54. The van der Waals surface area contributed by atoms with Gasteiger partial charge in [-0.15, -0.1) is 16.4 Å². The summed E-state index contributed by atoms with van der Waals surface area (Å²) in [6.07, 6.45) is 3.45. The molecule has 18 heavy (non-hydrogen) atoms. The van der Waals surface area contributed by atoms with Gasteiger partial charge in [-0.05, 0) is 35.6 Å². The second-order valence-corrected chi connectivity index (χ2v) is 4.52. The average Bonchev–Trinajstić information content (AvgIpc) is 2.41. The molecule has 1 heterocycles. The maximum absolute atomic E-state index is 6.09. The number of aromatic nitrogens is 1. The Morgan fingerprint density at radius 2 is 1.61 bits per heavy atom. The van der Waals surface area contributed by atoms with Gasteiger partial charge in [0.15, 0.2) is 0 Å². The van der Waals surface area contributed by atoms with Crippen molar-refractivity contribution in [2.75, 3.05) is 0 Å². The molecule has 76 valence electrons. The molecule has 0 amide bonds. The summed E-state index contributed by atoms with van der Waals surface area (Å²) < 4.78 is 0. The van der Waals surface area contributed by atoms with Gasteiger partial charge >= 0.3 is 0 Å². The van der Waals surface area contributed by atoms with Gasteiger partial charge in [-0.25, -0.2) is 0 Å². The van der Waals surface area contributed by atoms with Gasteiger partial charge in [-0.1, -0.05) is 11.5 Å². The number of nitrogens with zero attached hydrogens (tertiary/aromatic N) is 1. The van der Waals surface area contributed by atoms with Crippen molar-refractivity contribution < 1.29 is 0 Å². The molecule has 1 aliphatic rings. The first-order valence-corrected chi connectivity index (χ1v) is 5.80. The van der Waals surface area contributed by atoms with E-state index in [0.717, 1.165) is 29.7 Å². The first-order chi connectivity index (χ1) is 8.61. The zero-order chi connectivity index (χ0) is 12.9. The minimum atomic E-state index is 0.352. The second-order valence-electron chi connectivity index (χ2n) is 4.52. The van der Waals surface area contributed by atoms with Crippen LogP contribution < -0.4 is 21.9 Å². The molecule has 2 aromatic rings. The third kappa shape index (κ3) is 1.50. The molecule has 0 saturated carbocycles. The summed E-state index contributed by atoms with van der Waals surface area (Å²) in [6.45, 7) is 0. The molecule has 0 saturated heterocycles. The summed E-state index contributed by atoms with van der Waals surface area (Å²) in [6, 6.07) is 3.97. The van der Waals surface area contributed by atoms with Crippen LogP contribution in [0.15, 0.2) is 18.3 Å². The van der Waals surface area contributed by atoms with E-state index in [1.54, 1.807) is 6.20 Å². The summed E-state index contributed by atoms with van der Waals surface area (Å²) in [5.74, 6) is 0. The van der Waals surface area contributed by atoms with Crippen molar-refractivity contribution in [1.29, 1.82) is 0 Å². The predicted molar refractivity (Wildman–Crippen MR) is 78.6 cm³/mol. The molecule has 5 heteroatoms. The fraction of sp³-hybridized carbons (Fsp3) is 0.154. The third-order valence-electron chi connectivity index (χ3n) is 3.54. The molecule has 0 N–H and O–H groups in total. The monoisotopic (exact) mass is 221 g/mol. The number of aryl methyl sites for hydroxylation is 1. The van der Waals surface area contributed by atoms with E-state index >= 15 is 0 Å². The number of hydrogen-bond acceptors (Lipinski definition) is 1. The van der Waals surface area contributed by atoms with Crippen LogP contribution >= 0.6 is 0 Å². The van der Waals surface area contributed by atoms with E-state index in [9.17, 15) is 0 Å². The Morgan fingerprint density at radius 3 is 2.39 bits per heavy atom. The number of fused-ring (bicyclic) bond motifs is 3. The van der Waals surface area contributed by atoms with Crippen molar-refractivity contribution in [2.24, 2.45) is 0 Å². The second kappa shape index (κ2) is 4.08. The van der Waals surface area contributed by atoms with E-state index in [-0.39, 0.29) is 0 Å². The lowest BCUT2D eigenvalue weighted by Gasteiger charge is -2.27. The highest BCUT2D eigenvalue weighted by molar-refractivity contribution is 6.64. The van der Waals surface area contributed by atoms with Gasteiger partial charge < -0.3 is 0 Å². The van der Waals surface area contributed by atoms with Gasteiger partial charge in [0.05, 0.1) is 5.69 Å². The lowest BCUT2D eigenvalue weighted by molar-refractivity contribution is 0.936. The highest BCUT2D eigenvalue weighted by atomic mass is 14.7. The van der Waals surface area contributed by atoms with Crippen LogP contribution in [0, 0.1) is 0 Å². The summed E-state index contributed by atoms with van der Waals surface area (Å²) in [4.78, 5) is 4.40. The minimum absolute atomic E-state index is 0.352. The average molecular weight is 220 g/mol. The molecule has 1 aliphatic carbocycles. The topological polar surface area (TPSA) is 12.9 Å². The van der Waals surface area contributed by atoms with Crippen LogP contribution in [-0.2, 0) is 12.8 Å². The SMILES string of the molecule is [B]c1c([B])c([B])c2c(c1[B])CCc1cccnc1-2. The van der Waals surface area contributed by atoms with Crippen molar-refractivity contribution in [2.45, 2.75) is 12.8 Å². The Balaban J connectivity index is 2.41. The molecule has 0 bridgehead atoms. The van der Waals surface area contributed by atoms with E-state index in [4.69, 9.17) is 31.4 Å². The molecule has 1 nitrogen and oxygen atoms in total. The lowest BCUT2D eigenvalue weighted by Crippen LogP contribution is -2.50. The molecule has 0 fully saturated rings. The quantitative estimate of drug-likeness (QED) is 0.469. The number of rotatable bonds is 0. The van der Waals surface area contributed by atoms with E-state index in [1.165, 1.54) is 5.56 Å². The number of benzene rings is 1. The number of pyridine rings is 1. The predicted octanol–water partition coefficient (Wildman–Crippen LogP) is -1.98. The molecular weight excluding hydrogens is 213 g/mol. The van der Waals surface area contributed by atoms with Gasteiger partial charge in [0, 0.05) is 6.20 Å². The first kappa shape index (κ1) is 11.7. The van der Waals surface area contributed by atoms with Crippen LogP contribution in [0.2, 0.25) is 0 Å². The zero-order valence-corrected chi connectivity index (χ0v) is 9.90. The summed E-state index contributed by atoms with van der Waals surface area (Å²) in [5.41, 5.74) is 5.60. The normalized spacial score (nSPS) is 12.9. The van der Waals surface area contributed by atoms with E-state index < -0.39 is 0 Å². The molecule has 0 spiro atoms. The lowest BCUT2D eigenvalue weighted by atomic mass is 9.61. The van der Waals surface area contributed by atoms with Gasteiger partial charge in [0.2, 0.25) is 0 Å². The third-order valence-corrected chi connectivity index (χ3v) is 3.54. The highest BCUT2D eigenvalue weighted by Gasteiger charge is 2.21. The van der Waals surface area contributed by atoms with Crippen molar-refractivity contribution in [3.8, 4) is 11.3 Å². The van der Waals surface area contributed by atoms with Gasteiger partial charge in [-0.3, -0.25) is 4.98 Å². The molecule has 1 aromatic carbocycles. The van der Waals surface area contributed by atoms with E-state index in [1.807, 2.05) is 12.1 Å². The van der Waals surface area contributed by atoms with Gasteiger partial charge in [0.25, 0.3) is 0 Å². The van der Waals surface area contributed by atoms with Gasteiger partial charge in [0.1, 0.15) is 31.4 Å². The Kier molecular flexibility index (Phi) is 2.65. The maximum atomic E-state index is 6.09. The van der Waals surface area contributed by atoms with Crippen molar-refractivity contribution >= 4 is 53.2 Å². The molecule has 0 unspecified atom stereocenters. The zero-order valence-electron chi connectivity index (χ0n) is 9.90. The van der Waals surface area contributed by atoms with Crippen molar-refractivity contribution in [3.63, 3.8) is 0 Å². The van der Waals surface area contributed by atoms with Crippen LogP contribution in [0.25, 0.3) is 11.3 Å². The molecule has 3 rings (SSSR count). The number of hydrogen-bond donors (Lipinski definition) is 0. The largest absolute Gasteiger partial charge is 0.256 e. The minimum Gasteiger partial charge on any atom is -0.256 e. The first-order valence-electron chi connectivity index (χ1n) is 5.80. The molecule has 0 aliphatic heterocycles. The molecule has 8 radical (unpaired) electrons.